The molecular weight excluding hydrogens is 243 g/mol. The van der Waals surface area contributed by atoms with Crippen LogP contribution < -0.4 is 10.1 Å². The second-order valence-electron chi connectivity index (χ2n) is 4.21. The van der Waals surface area contributed by atoms with Crippen molar-refractivity contribution in [3.8, 4) is 5.75 Å². The molecular formula is C13H18F3NO. The van der Waals surface area contributed by atoms with Crippen LogP contribution >= 0.6 is 0 Å². The van der Waals surface area contributed by atoms with Crippen molar-refractivity contribution >= 4 is 0 Å². The average Bonchev–Trinajstić information content (AvgIpc) is 2.26. The number of halogens is 3. The molecule has 0 saturated carbocycles. The summed E-state index contributed by atoms with van der Waals surface area (Å²) in [5, 5.41) is 3.01. The van der Waals surface area contributed by atoms with E-state index in [9.17, 15) is 13.2 Å². The van der Waals surface area contributed by atoms with Gasteiger partial charge < -0.3 is 10.1 Å². The first kappa shape index (κ1) is 14.8. The molecule has 18 heavy (non-hydrogen) atoms. The van der Waals surface area contributed by atoms with E-state index < -0.39 is 12.6 Å². The molecule has 0 radical (unpaired) electrons. The van der Waals surface area contributed by atoms with Crippen LogP contribution in [0.15, 0.2) is 18.2 Å². The van der Waals surface area contributed by atoms with Crippen molar-refractivity contribution in [3.63, 3.8) is 0 Å². The molecule has 2 nitrogen and oxygen atoms in total. The van der Waals surface area contributed by atoms with Crippen LogP contribution in [-0.4, -0.2) is 19.8 Å². The van der Waals surface area contributed by atoms with Crippen LogP contribution in [0.2, 0.25) is 0 Å². The monoisotopic (exact) mass is 261 g/mol. The van der Waals surface area contributed by atoms with E-state index in [1.54, 1.807) is 6.07 Å². The van der Waals surface area contributed by atoms with Crippen LogP contribution in [-0.2, 0) is 6.54 Å². The summed E-state index contributed by atoms with van der Waals surface area (Å²) in [5.41, 5.74) is 2.06. The fourth-order valence-electron chi connectivity index (χ4n) is 1.63. The third-order valence-corrected chi connectivity index (χ3v) is 2.45. The van der Waals surface area contributed by atoms with Gasteiger partial charge in [0.25, 0.3) is 0 Å². The lowest BCUT2D eigenvalue weighted by Gasteiger charge is -2.12. The number of hydrogen-bond donors (Lipinski definition) is 1. The molecule has 0 bridgehead atoms. The number of ether oxygens (including phenoxy) is 1. The summed E-state index contributed by atoms with van der Waals surface area (Å²) in [4.78, 5) is 0. The normalized spacial score (nSPS) is 11.6. The Kier molecular flexibility index (Phi) is 5.47. The van der Waals surface area contributed by atoms with Crippen molar-refractivity contribution in [2.75, 3.05) is 13.7 Å². The SMILES string of the molecule is CNCc1cc(C)ccc1OCCCC(F)(F)F. The van der Waals surface area contributed by atoms with Gasteiger partial charge in [0, 0.05) is 18.5 Å². The molecule has 0 fully saturated rings. The molecule has 0 aliphatic rings. The van der Waals surface area contributed by atoms with E-state index in [2.05, 4.69) is 5.32 Å². The van der Waals surface area contributed by atoms with Gasteiger partial charge in [-0.3, -0.25) is 0 Å². The lowest BCUT2D eigenvalue weighted by Crippen LogP contribution is -2.11. The Balaban J connectivity index is 2.51. The average molecular weight is 261 g/mol. The number of aryl methyl sites for hydroxylation is 1. The Morgan fingerprint density at radius 3 is 2.61 bits per heavy atom. The van der Waals surface area contributed by atoms with E-state index in [4.69, 9.17) is 4.74 Å². The van der Waals surface area contributed by atoms with Crippen LogP contribution in [0.5, 0.6) is 5.75 Å². The summed E-state index contributed by atoms with van der Waals surface area (Å²) >= 11 is 0. The summed E-state index contributed by atoms with van der Waals surface area (Å²) in [7, 11) is 1.82. The molecule has 0 amide bonds. The van der Waals surface area contributed by atoms with Gasteiger partial charge in [-0.15, -0.1) is 0 Å². The van der Waals surface area contributed by atoms with Crippen molar-refractivity contribution in [2.45, 2.75) is 32.5 Å². The molecule has 0 atom stereocenters. The molecule has 0 heterocycles. The van der Waals surface area contributed by atoms with Gasteiger partial charge in [-0.2, -0.15) is 13.2 Å². The third kappa shape index (κ3) is 5.40. The summed E-state index contributed by atoms with van der Waals surface area (Å²) in [5.74, 6) is 0.650. The van der Waals surface area contributed by atoms with E-state index in [1.807, 2.05) is 26.1 Å². The second-order valence-corrected chi connectivity index (χ2v) is 4.21. The van der Waals surface area contributed by atoms with Crippen molar-refractivity contribution < 1.29 is 17.9 Å². The van der Waals surface area contributed by atoms with Gasteiger partial charge in [0.05, 0.1) is 6.61 Å². The Hall–Kier alpha value is -1.23. The molecule has 0 spiro atoms. The molecule has 1 aromatic rings. The van der Waals surface area contributed by atoms with Crippen LogP contribution in [0.4, 0.5) is 13.2 Å². The molecule has 0 aromatic heterocycles. The van der Waals surface area contributed by atoms with Crippen LogP contribution in [0, 0.1) is 6.92 Å². The van der Waals surface area contributed by atoms with Gasteiger partial charge in [0.1, 0.15) is 5.75 Å². The molecule has 1 rings (SSSR count). The Bertz CT molecular complexity index is 377. The number of alkyl halides is 3. The molecule has 1 N–H and O–H groups in total. The highest BCUT2D eigenvalue weighted by Gasteiger charge is 2.26. The zero-order valence-electron chi connectivity index (χ0n) is 10.6. The Morgan fingerprint density at radius 1 is 1.28 bits per heavy atom. The maximum atomic E-state index is 12.0. The minimum Gasteiger partial charge on any atom is -0.493 e. The number of rotatable bonds is 6. The van der Waals surface area contributed by atoms with Crippen LogP contribution in [0.1, 0.15) is 24.0 Å². The van der Waals surface area contributed by atoms with Gasteiger partial charge >= 0.3 is 6.18 Å². The van der Waals surface area contributed by atoms with Crippen LogP contribution in [0.25, 0.3) is 0 Å². The predicted octanol–water partition coefficient (Wildman–Crippen LogP) is 3.44. The lowest BCUT2D eigenvalue weighted by atomic mass is 10.1. The van der Waals surface area contributed by atoms with Gasteiger partial charge in [-0.05, 0) is 26.5 Å². The smallest absolute Gasteiger partial charge is 0.389 e. The standard InChI is InChI=1S/C13H18F3NO/c1-10-4-5-12(11(8-10)9-17-2)18-7-3-6-13(14,15)16/h4-5,8,17H,3,6-7,9H2,1-2H3. The quantitative estimate of drug-likeness (QED) is 0.792. The molecule has 0 aliphatic carbocycles. The largest absolute Gasteiger partial charge is 0.493 e. The summed E-state index contributed by atoms with van der Waals surface area (Å²) in [6.45, 7) is 2.68. The second kappa shape index (κ2) is 6.64. The number of hydrogen-bond acceptors (Lipinski definition) is 2. The maximum absolute atomic E-state index is 12.0. The van der Waals surface area contributed by atoms with Crippen molar-refractivity contribution in [2.24, 2.45) is 0 Å². The highest BCUT2D eigenvalue weighted by atomic mass is 19.4. The van der Waals surface area contributed by atoms with Crippen molar-refractivity contribution in [3.05, 3.63) is 29.3 Å². The van der Waals surface area contributed by atoms with E-state index in [0.717, 1.165) is 11.1 Å². The zero-order valence-corrected chi connectivity index (χ0v) is 10.6. The lowest BCUT2D eigenvalue weighted by molar-refractivity contribution is -0.136. The highest BCUT2D eigenvalue weighted by Crippen LogP contribution is 2.23. The predicted molar refractivity (Wildman–Crippen MR) is 64.7 cm³/mol. The number of nitrogens with one attached hydrogen (secondary N) is 1. The Morgan fingerprint density at radius 2 is 2.00 bits per heavy atom. The summed E-state index contributed by atoms with van der Waals surface area (Å²) < 4.78 is 41.3. The molecule has 0 aliphatic heterocycles. The van der Waals surface area contributed by atoms with Gasteiger partial charge in [-0.1, -0.05) is 17.7 Å². The van der Waals surface area contributed by atoms with Crippen molar-refractivity contribution in [1.29, 1.82) is 0 Å². The first-order valence-electron chi connectivity index (χ1n) is 5.86. The van der Waals surface area contributed by atoms with E-state index in [1.165, 1.54) is 0 Å². The van der Waals surface area contributed by atoms with Gasteiger partial charge in [-0.25, -0.2) is 0 Å². The van der Waals surface area contributed by atoms with E-state index in [-0.39, 0.29) is 13.0 Å². The minimum absolute atomic E-state index is 0.0175. The summed E-state index contributed by atoms with van der Waals surface area (Å²) in [6.07, 6.45) is -4.93. The fraction of sp³-hybridized carbons (Fsp3) is 0.538. The number of benzene rings is 1. The first-order chi connectivity index (χ1) is 8.42. The molecule has 5 heteroatoms. The van der Waals surface area contributed by atoms with Gasteiger partial charge in [0.2, 0.25) is 0 Å². The zero-order chi connectivity index (χ0) is 13.6. The topological polar surface area (TPSA) is 21.3 Å². The van der Waals surface area contributed by atoms with E-state index in [0.29, 0.717) is 12.3 Å². The molecule has 0 unspecified atom stereocenters. The molecule has 0 saturated heterocycles. The maximum Gasteiger partial charge on any atom is 0.389 e. The highest BCUT2D eigenvalue weighted by molar-refractivity contribution is 5.36. The van der Waals surface area contributed by atoms with Gasteiger partial charge in [0.15, 0.2) is 0 Å². The molecule has 1 aromatic carbocycles. The van der Waals surface area contributed by atoms with Crippen LogP contribution in [0.3, 0.4) is 0 Å². The fourth-order valence-corrected chi connectivity index (χ4v) is 1.63. The van der Waals surface area contributed by atoms with E-state index >= 15 is 0 Å². The third-order valence-electron chi connectivity index (χ3n) is 2.45. The summed E-state index contributed by atoms with van der Waals surface area (Å²) in [6, 6.07) is 5.66. The molecule has 102 valence electrons. The van der Waals surface area contributed by atoms with Crippen molar-refractivity contribution in [1.82, 2.24) is 5.32 Å². The first-order valence-corrected chi connectivity index (χ1v) is 5.86. The Labute approximate surface area is 105 Å². The minimum atomic E-state index is -4.11.